The zero-order valence-corrected chi connectivity index (χ0v) is 12.8. The number of hydrogen-bond acceptors (Lipinski definition) is 4. The summed E-state index contributed by atoms with van der Waals surface area (Å²) in [5.74, 6) is -0.0963. The van der Waals surface area contributed by atoms with Gasteiger partial charge in [0.05, 0.1) is 18.4 Å². The van der Waals surface area contributed by atoms with Gasteiger partial charge in [-0.1, -0.05) is 0 Å². The molecule has 1 aliphatic heterocycles. The summed E-state index contributed by atoms with van der Waals surface area (Å²) in [7, 11) is 0. The highest BCUT2D eigenvalue weighted by Gasteiger charge is 2.27. The van der Waals surface area contributed by atoms with E-state index in [1.807, 2.05) is 0 Å². The van der Waals surface area contributed by atoms with Crippen LogP contribution in [0.2, 0.25) is 0 Å². The number of nitrogens with one attached hydrogen (secondary N) is 1. The number of nitrogens with zero attached hydrogens (tertiary/aromatic N) is 1. The summed E-state index contributed by atoms with van der Waals surface area (Å²) in [6, 6.07) is 1.56. The standard InChI is InChI=1S/C13H17BrN2O4/c1-2-19-13(18)15-9-4-3-6-16(8-9)12(17)10-5-7-20-11(10)14/h5,7,9H,2-4,6,8H2,1H3,(H,15,18)/t9-/m1/s1. The van der Waals surface area contributed by atoms with Crippen LogP contribution in [0.4, 0.5) is 4.79 Å². The van der Waals surface area contributed by atoms with Gasteiger partial charge in [-0.25, -0.2) is 4.79 Å². The number of carbonyl (C=O) groups excluding carboxylic acids is 2. The Morgan fingerprint density at radius 2 is 2.40 bits per heavy atom. The predicted octanol–water partition coefficient (Wildman–Crippen LogP) is 2.39. The smallest absolute Gasteiger partial charge is 0.407 e. The van der Waals surface area contributed by atoms with Crippen LogP contribution in [0.25, 0.3) is 0 Å². The molecule has 2 rings (SSSR count). The molecule has 0 aromatic carbocycles. The number of ether oxygens (including phenoxy) is 1. The van der Waals surface area contributed by atoms with Gasteiger partial charge >= 0.3 is 6.09 Å². The first-order chi connectivity index (χ1) is 9.61. The average molecular weight is 345 g/mol. The number of piperidine rings is 1. The number of amides is 2. The molecule has 1 saturated heterocycles. The fourth-order valence-electron chi connectivity index (χ4n) is 2.24. The Morgan fingerprint density at radius 3 is 3.05 bits per heavy atom. The highest BCUT2D eigenvalue weighted by molar-refractivity contribution is 9.10. The number of alkyl carbamates (subject to hydrolysis) is 1. The SMILES string of the molecule is CCOC(=O)N[C@@H]1CCCN(C(=O)c2ccoc2Br)C1. The van der Waals surface area contributed by atoms with E-state index in [-0.39, 0.29) is 11.9 Å². The van der Waals surface area contributed by atoms with Gasteiger partial charge in [-0.2, -0.15) is 0 Å². The third-order valence-electron chi connectivity index (χ3n) is 3.15. The fraction of sp³-hybridized carbons (Fsp3) is 0.538. The summed E-state index contributed by atoms with van der Waals surface area (Å²) in [6.07, 6.45) is 2.72. The van der Waals surface area contributed by atoms with E-state index in [0.29, 0.717) is 29.9 Å². The van der Waals surface area contributed by atoms with Gasteiger partial charge in [-0.15, -0.1) is 0 Å². The van der Waals surface area contributed by atoms with E-state index in [9.17, 15) is 9.59 Å². The first-order valence-corrected chi connectivity index (χ1v) is 7.36. The first kappa shape index (κ1) is 14.9. The molecule has 110 valence electrons. The molecule has 1 fully saturated rings. The number of rotatable bonds is 3. The van der Waals surface area contributed by atoms with Gasteiger partial charge < -0.3 is 19.4 Å². The molecule has 0 spiro atoms. The van der Waals surface area contributed by atoms with Crippen molar-refractivity contribution in [1.82, 2.24) is 10.2 Å². The van der Waals surface area contributed by atoms with E-state index in [0.717, 1.165) is 12.8 Å². The summed E-state index contributed by atoms with van der Waals surface area (Å²) < 4.78 is 10.4. The second kappa shape index (κ2) is 6.78. The normalized spacial score (nSPS) is 18.7. The van der Waals surface area contributed by atoms with Crippen LogP contribution in [-0.2, 0) is 4.74 Å². The molecule has 2 heterocycles. The van der Waals surface area contributed by atoms with Crippen molar-refractivity contribution >= 4 is 27.9 Å². The maximum atomic E-state index is 12.3. The molecule has 0 saturated carbocycles. The highest BCUT2D eigenvalue weighted by Crippen LogP contribution is 2.21. The van der Waals surface area contributed by atoms with E-state index in [4.69, 9.17) is 9.15 Å². The van der Waals surface area contributed by atoms with Crippen LogP contribution in [0.5, 0.6) is 0 Å². The first-order valence-electron chi connectivity index (χ1n) is 6.57. The maximum absolute atomic E-state index is 12.3. The number of furan rings is 1. The summed E-state index contributed by atoms with van der Waals surface area (Å²) in [5, 5.41) is 2.77. The van der Waals surface area contributed by atoms with E-state index in [1.165, 1.54) is 6.26 Å². The molecule has 1 aromatic rings. The van der Waals surface area contributed by atoms with Gasteiger partial charge in [-0.05, 0) is 41.8 Å². The van der Waals surface area contributed by atoms with E-state index in [2.05, 4.69) is 21.2 Å². The number of likely N-dealkylation sites (tertiary alicyclic amines) is 1. The third-order valence-corrected chi connectivity index (χ3v) is 3.77. The minimum absolute atomic E-state index is 0.0718. The molecule has 1 N–H and O–H groups in total. The summed E-state index contributed by atoms with van der Waals surface area (Å²) in [6.45, 7) is 3.25. The third kappa shape index (κ3) is 3.53. The zero-order chi connectivity index (χ0) is 14.5. The van der Waals surface area contributed by atoms with Gasteiger partial charge in [0.1, 0.15) is 0 Å². The summed E-state index contributed by atoms with van der Waals surface area (Å²) in [5.41, 5.74) is 0.502. The van der Waals surface area contributed by atoms with Gasteiger partial charge in [-0.3, -0.25) is 4.79 Å². The Labute approximate surface area is 125 Å². The molecule has 20 heavy (non-hydrogen) atoms. The molecule has 2 amide bonds. The Morgan fingerprint density at radius 1 is 1.60 bits per heavy atom. The molecule has 0 bridgehead atoms. The zero-order valence-electron chi connectivity index (χ0n) is 11.2. The molecule has 6 nitrogen and oxygen atoms in total. The van der Waals surface area contributed by atoms with E-state index in [1.54, 1.807) is 17.9 Å². The largest absolute Gasteiger partial charge is 0.457 e. The van der Waals surface area contributed by atoms with Crippen LogP contribution in [0.3, 0.4) is 0 Å². The Kier molecular flexibility index (Phi) is 5.05. The maximum Gasteiger partial charge on any atom is 0.407 e. The molecular formula is C13H17BrN2O4. The second-order valence-electron chi connectivity index (χ2n) is 4.56. The highest BCUT2D eigenvalue weighted by atomic mass is 79.9. The van der Waals surface area contributed by atoms with Crippen molar-refractivity contribution in [1.29, 1.82) is 0 Å². The molecule has 0 unspecified atom stereocenters. The van der Waals surface area contributed by atoms with Crippen LogP contribution in [0, 0.1) is 0 Å². The quantitative estimate of drug-likeness (QED) is 0.913. The lowest BCUT2D eigenvalue weighted by atomic mass is 10.1. The van der Waals surface area contributed by atoms with Crippen LogP contribution in [0.1, 0.15) is 30.1 Å². The van der Waals surface area contributed by atoms with Crippen LogP contribution in [0.15, 0.2) is 21.4 Å². The van der Waals surface area contributed by atoms with Gasteiger partial charge in [0, 0.05) is 19.1 Å². The summed E-state index contributed by atoms with van der Waals surface area (Å²) >= 11 is 3.21. The topological polar surface area (TPSA) is 71.8 Å². The number of halogens is 1. The number of hydrogen-bond donors (Lipinski definition) is 1. The Bertz CT molecular complexity index is 488. The van der Waals surface area contributed by atoms with Crippen molar-refractivity contribution in [3.63, 3.8) is 0 Å². The Balaban J connectivity index is 1.95. The van der Waals surface area contributed by atoms with Crippen molar-refractivity contribution < 1.29 is 18.7 Å². The molecule has 1 aromatic heterocycles. The van der Waals surface area contributed by atoms with Crippen molar-refractivity contribution in [2.45, 2.75) is 25.8 Å². The van der Waals surface area contributed by atoms with Gasteiger partial charge in [0.2, 0.25) is 0 Å². The van der Waals surface area contributed by atoms with E-state index < -0.39 is 6.09 Å². The monoisotopic (exact) mass is 344 g/mol. The molecular weight excluding hydrogens is 328 g/mol. The molecule has 7 heteroatoms. The number of carbonyl (C=O) groups is 2. The van der Waals surface area contributed by atoms with Crippen molar-refractivity contribution in [2.75, 3.05) is 19.7 Å². The lowest BCUT2D eigenvalue weighted by Crippen LogP contribution is -2.49. The van der Waals surface area contributed by atoms with E-state index >= 15 is 0 Å². The minimum atomic E-state index is -0.434. The lowest BCUT2D eigenvalue weighted by molar-refractivity contribution is 0.0684. The molecule has 0 aliphatic carbocycles. The minimum Gasteiger partial charge on any atom is -0.457 e. The van der Waals surface area contributed by atoms with Gasteiger partial charge in [0.15, 0.2) is 4.67 Å². The average Bonchev–Trinajstić information content (AvgIpc) is 2.84. The summed E-state index contributed by atoms with van der Waals surface area (Å²) in [4.78, 5) is 25.5. The predicted molar refractivity (Wildman–Crippen MR) is 75.5 cm³/mol. The van der Waals surface area contributed by atoms with Crippen LogP contribution >= 0.6 is 15.9 Å². The second-order valence-corrected chi connectivity index (χ2v) is 5.28. The molecule has 1 aliphatic rings. The molecule has 1 atom stereocenters. The van der Waals surface area contributed by atoms with Crippen molar-refractivity contribution in [2.24, 2.45) is 0 Å². The molecule has 0 radical (unpaired) electrons. The van der Waals surface area contributed by atoms with Crippen LogP contribution in [-0.4, -0.2) is 42.6 Å². The van der Waals surface area contributed by atoms with Crippen LogP contribution < -0.4 is 5.32 Å². The van der Waals surface area contributed by atoms with Gasteiger partial charge in [0.25, 0.3) is 5.91 Å². The van der Waals surface area contributed by atoms with Crippen molar-refractivity contribution in [3.05, 3.63) is 22.6 Å². The van der Waals surface area contributed by atoms with Crippen molar-refractivity contribution in [3.8, 4) is 0 Å². The lowest BCUT2D eigenvalue weighted by Gasteiger charge is -2.32. The Hall–Kier alpha value is -1.50. The fourth-order valence-corrected chi connectivity index (χ4v) is 2.65.